The number of rotatable bonds is 0. The van der Waals surface area contributed by atoms with Crippen LogP contribution < -0.4 is 0 Å². The predicted octanol–water partition coefficient (Wildman–Crippen LogP) is 1.35. The third-order valence-electron chi connectivity index (χ3n) is 0.791. The summed E-state index contributed by atoms with van der Waals surface area (Å²) < 4.78 is 3.19. The molecule has 0 bridgehead atoms. The zero-order valence-electron chi connectivity index (χ0n) is 5.87. The van der Waals surface area contributed by atoms with Crippen molar-refractivity contribution in [1.82, 2.24) is 4.98 Å². The Morgan fingerprint density at radius 2 is 2.08 bits per heavy atom. The Bertz CT molecular complexity index is 227. The molecule has 12 heavy (non-hydrogen) atoms. The molecule has 0 unspecified atom stereocenters. The summed E-state index contributed by atoms with van der Waals surface area (Å²) in [6, 6.07) is 5.41. The molecular formula is C6H6Cl2N2OSe. The van der Waals surface area contributed by atoms with Crippen molar-refractivity contribution in [2.24, 2.45) is 0 Å². The summed E-state index contributed by atoms with van der Waals surface area (Å²) in [6.07, 6.45) is 3.17. The first-order valence-electron chi connectivity index (χ1n) is 2.54. The van der Waals surface area contributed by atoms with Gasteiger partial charge in [-0.2, -0.15) is 9.10 Å². The van der Waals surface area contributed by atoms with E-state index in [0.29, 0.717) is 5.56 Å². The number of nitriles is 1. The molecule has 0 aliphatic heterocycles. The fourth-order valence-corrected chi connectivity index (χ4v) is 0.429. The first kappa shape index (κ1) is 14.2. The number of hydrogen-bond acceptors (Lipinski definition) is 3. The Balaban J connectivity index is 0. The van der Waals surface area contributed by atoms with Gasteiger partial charge in [-0.05, 0) is 12.1 Å². The SMILES string of the molecule is ClOCl.N#Cc1cccnc1.[SeH2]. The zero-order valence-corrected chi connectivity index (χ0v) is 9.48. The van der Waals surface area contributed by atoms with Gasteiger partial charge >= 0.3 is 17.1 Å². The van der Waals surface area contributed by atoms with E-state index in [9.17, 15) is 0 Å². The molecule has 3 nitrogen and oxygen atoms in total. The van der Waals surface area contributed by atoms with Crippen LogP contribution in [0.1, 0.15) is 5.56 Å². The van der Waals surface area contributed by atoms with Crippen molar-refractivity contribution in [1.29, 1.82) is 5.26 Å². The normalized spacial score (nSPS) is 6.75. The second-order valence-corrected chi connectivity index (χ2v) is 1.88. The molecule has 1 aromatic rings. The van der Waals surface area contributed by atoms with Crippen molar-refractivity contribution < 1.29 is 3.84 Å². The van der Waals surface area contributed by atoms with E-state index in [2.05, 4.69) is 32.6 Å². The molecule has 0 fully saturated rings. The van der Waals surface area contributed by atoms with Gasteiger partial charge in [0.05, 0.1) is 29.3 Å². The number of nitrogens with zero attached hydrogens (tertiary/aromatic N) is 2. The fraction of sp³-hybridized carbons (Fsp3) is 0. The first-order valence-corrected chi connectivity index (χ1v) is 3.16. The molecule has 0 saturated carbocycles. The topological polar surface area (TPSA) is 45.9 Å². The zero-order chi connectivity index (χ0) is 8.53. The maximum atomic E-state index is 8.25. The Morgan fingerprint density at radius 3 is 2.33 bits per heavy atom. The maximum absolute atomic E-state index is 8.25. The molecule has 0 atom stereocenters. The van der Waals surface area contributed by atoms with Crippen LogP contribution in [0.3, 0.4) is 0 Å². The van der Waals surface area contributed by atoms with Crippen LogP contribution in [0.5, 0.6) is 0 Å². The molecule has 0 saturated heterocycles. The van der Waals surface area contributed by atoms with Crippen LogP contribution in [0, 0.1) is 11.3 Å². The average Bonchev–Trinajstić information content (AvgIpc) is 2.08. The van der Waals surface area contributed by atoms with Crippen molar-refractivity contribution in [2.45, 2.75) is 0 Å². The summed E-state index contributed by atoms with van der Waals surface area (Å²) in [5, 5.41) is 8.25. The molecule has 1 aromatic heterocycles. The van der Waals surface area contributed by atoms with E-state index >= 15 is 0 Å². The summed E-state index contributed by atoms with van der Waals surface area (Å²) in [4.78, 5) is 3.73. The minimum absolute atomic E-state index is 0. The van der Waals surface area contributed by atoms with Crippen LogP contribution in [0.2, 0.25) is 0 Å². The molecule has 0 aliphatic rings. The molecule has 6 heteroatoms. The van der Waals surface area contributed by atoms with Gasteiger partial charge in [0.1, 0.15) is 6.07 Å². The van der Waals surface area contributed by atoms with Crippen LogP contribution in [-0.2, 0) is 3.84 Å². The van der Waals surface area contributed by atoms with Gasteiger partial charge in [0.25, 0.3) is 0 Å². The summed E-state index contributed by atoms with van der Waals surface area (Å²) in [6.45, 7) is 0. The minimum atomic E-state index is 0. The predicted molar refractivity (Wildman–Crippen MR) is 50.3 cm³/mol. The second-order valence-electron chi connectivity index (χ2n) is 1.41. The molecule has 0 aliphatic carbocycles. The van der Waals surface area contributed by atoms with Gasteiger partial charge in [0.15, 0.2) is 0 Å². The van der Waals surface area contributed by atoms with E-state index in [0.717, 1.165) is 0 Å². The quantitative estimate of drug-likeness (QED) is 0.670. The van der Waals surface area contributed by atoms with Gasteiger partial charge in [0, 0.05) is 12.4 Å². The summed E-state index contributed by atoms with van der Waals surface area (Å²) in [7, 11) is 0. The van der Waals surface area contributed by atoms with E-state index in [1.165, 1.54) is 6.20 Å². The van der Waals surface area contributed by atoms with Crippen molar-refractivity contribution in [3.05, 3.63) is 30.1 Å². The Morgan fingerprint density at radius 1 is 1.50 bits per heavy atom. The van der Waals surface area contributed by atoms with E-state index in [1.807, 2.05) is 6.07 Å². The Hall–Kier alpha value is -0.301. The Labute approximate surface area is 91.1 Å². The first-order chi connectivity index (χ1) is 5.35. The van der Waals surface area contributed by atoms with Crippen LogP contribution in [-0.4, -0.2) is 22.1 Å². The average molecular weight is 272 g/mol. The van der Waals surface area contributed by atoms with Crippen molar-refractivity contribution in [3.63, 3.8) is 0 Å². The number of halogens is 2. The molecule has 0 amide bonds. The van der Waals surface area contributed by atoms with Crippen molar-refractivity contribution in [3.8, 4) is 6.07 Å². The van der Waals surface area contributed by atoms with E-state index in [-0.39, 0.29) is 17.1 Å². The van der Waals surface area contributed by atoms with Gasteiger partial charge in [0.2, 0.25) is 0 Å². The van der Waals surface area contributed by atoms with Crippen molar-refractivity contribution in [2.75, 3.05) is 0 Å². The monoisotopic (exact) mass is 272 g/mol. The van der Waals surface area contributed by atoms with Gasteiger partial charge in [-0.1, -0.05) is 0 Å². The number of pyridine rings is 1. The van der Waals surface area contributed by atoms with Crippen molar-refractivity contribution >= 4 is 40.8 Å². The van der Waals surface area contributed by atoms with Gasteiger partial charge < -0.3 is 0 Å². The number of hydrogen-bond donors (Lipinski definition) is 0. The van der Waals surface area contributed by atoms with Crippen LogP contribution >= 0.6 is 23.7 Å². The summed E-state index contributed by atoms with van der Waals surface area (Å²) >= 11 is 8.53. The molecule has 0 N–H and O–H groups in total. The van der Waals surface area contributed by atoms with Crippen LogP contribution in [0.15, 0.2) is 24.5 Å². The third-order valence-corrected chi connectivity index (χ3v) is 0.791. The van der Waals surface area contributed by atoms with E-state index in [4.69, 9.17) is 5.26 Å². The third kappa shape index (κ3) is 7.80. The van der Waals surface area contributed by atoms with Crippen LogP contribution in [0.4, 0.5) is 0 Å². The summed E-state index contributed by atoms with van der Waals surface area (Å²) in [5.74, 6) is 0. The molecule has 0 radical (unpaired) electrons. The summed E-state index contributed by atoms with van der Waals surface area (Å²) in [5.41, 5.74) is 0.604. The molecule has 0 spiro atoms. The van der Waals surface area contributed by atoms with Crippen LogP contribution in [0.25, 0.3) is 0 Å². The van der Waals surface area contributed by atoms with E-state index < -0.39 is 0 Å². The van der Waals surface area contributed by atoms with Gasteiger partial charge in [-0.15, -0.1) is 0 Å². The second kappa shape index (κ2) is 10.7. The van der Waals surface area contributed by atoms with Gasteiger partial charge in [-0.3, -0.25) is 4.98 Å². The molecule has 66 valence electrons. The molecular weight excluding hydrogens is 266 g/mol. The van der Waals surface area contributed by atoms with Gasteiger partial charge in [-0.25, -0.2) is 0 Å². The standard InChI is InChI=1S/C6H4N2.Cl2O.H2Se/c7-4-6-2-1-3-8-5-6;1-3-2;/h1-3,5H;;1H2. The molecule has 1 rings (SSSR count). The molecule has 1 heterocycles. The van der Waals surface area contributed by atoms with E-state index in [1.54, 1.807) is 18.3 Å². The fourth-order valence-electron chi connectivity index (χ4n) is 0.429. The number of aromatic nitrogens is 1. The molecule has 0 aromatic carbocycles. The Kier molecular flexibility index (Phi) is 12.7.